The van der Waals surface area contributed by atoms with E-state index in [9.17, 15) is 9.59 Å². The number of benzene rings is 1. The summed E-state index contributed by atoms with van der Waals surface area (Å²) in [5, 5.41) is 2.54. The van der Waals surface area contributed by atoms with E-state index >= 15 is 0 Å². The highest BCUT2D eigenvalue weighted by Gasteiger charge is 2.25. The normalized spacial score (nSPS) is 11.5. The van der Waals surface area contributed by atoms with Crippen LogP contribution in [0.25, 0.3) is 0 Å². The molecule has 0 saturated carbocycles. The largest absolute Gasteiger partial charge is 0.459 e. The van der Waals surface area contributed by atoms with Gasteiger partial charge in [0.25, 0.3) is 0 Å². The number of pyridine rings is 1. The molecule has 2 aromatic rings. The predicted molar refractivity (Wildman–Crippen MR) is 105 cm³/mol. The lowest BCUT2D eigenvalue weighted by atomic mass is 10.2. The molecule has 1 amide bonds. The molecule has 6 nitrogen and oxygen atoms in total. The van der Waals surface area contributed by atoms with Crippen molar-refractivity contribution in [2.24, 2.45) is 0 Å². The molecular formula is C22H24N2O4. The van der Waals surface area contributed by atoms with Crippen LogP contribution in [-0.2, 0) is 20.9 Å². The highest BCUT2D eigenvalue weighted by Crippen LogP contribution is 2.08. The Kier molecular flexibility index (Phi) is 7.58. The topological polar surface area (TPSA) is 77.5 Å². The van der Waals surface area contributed by atoms with Crippen LogP contribution in [0, 0.1) is 11.8 Å². The monoisotopic (exact) mass is 380 g/mol. The summed E-state index contributed by atoms with van der Waals surface area (Å²) in [5.41, 5.74) is 0.897. The van der Waals surface area contributed by atoms with Crippen LogP contribution in [-0.4, -0.2) is 28.7 Å². The van der Waals surface area contributed by atoms with Crippen LogP contribution in [0.4, 0.5) is 4.79 Å². The molecule has 0 aliphatic carbocycles. The number of ether oxygens (including phenoxy) is 2. The number of alkyl carbamates (subject to hydrolysis) is 1. The Hall–Kier alpha value is -3.33. The van der Waals surface area contributed by atoms with Gasteiger partial charge in [-0.05, 0) is 38.5 Å². The number of aromatic nitrogens is 1. The van der Waals surface area contributed by atoms with Crippen molar-refractivity contribution in [3.8, 4) is 11.8 Å². The van der Waals surface area contributed by atoms with Gasteiger partial charge in [0.1, 0.15) is 18.2 Å². The Morgan fingerprint density at radius 3 is 2.54 bits per heavy atom. The third-order valence-corrected chi connectivity index (χ3v) is 3.40. The van der Waals surface area contributed by atoms with E-state index in [1.165, 1.54) is 0 Å². The second-order valence-electron chi connectivity index (χ2n) is 7.04. The predicted octanol–water partition coefficient (Wildman–Crippen LogP) is 3.46. The summed E-state index contributed by atoms with van der Waals surface area (Å²) in [5.74, 6) is 5.23. The van der Waals surface area contributed by atoms with Gasteiger partial charge in [0, 0.05) is 24.4 Å². The van der Waals surface area contributed by atoms with Crippen molar-refractivity contribution in [1.82, 2.24) is 10.3 Å². The van der Waals surface area contributed by atoms with E-state index < -0.39 is 23.7 Å². The molecule has 1 atom stereocenters. The first-order chi connectivity index (χ1) is 13.3. The molecule has 28 heavy (non-hydrogen) atoms. The Morgan fingerprint density at radius 1 is 1.14 bits per heavy atom. The van der Waals surface area contributed by atoms with Crippen molar-refractivity contribution < 1.29 is 19.1 Å². The second-order valence-corrected chi connectivity index (χ2v) is 7.04. The Morgan fingerprint density at radius 2 is 1.89 bits per heavy atom. The minimum Gasteiger partial charge on any atom is -0.459 e. The van der Waals surface area contributed by atoms with E-state index in [2.05, 4.69) is 22.1 Å². The SMILES string of the molecule is CC(C)(C)OC(=O)NC(CC#Cc1cccnc1)C(=O)OCc1ccccc1. The molecule has 146 valence electrons. The van der Waals surface area contributed by atoms with E-state index in [-0.39, 0.29) is 13.0 Å². The molecule has 2 rings (SSSR count). The number of carbonyl (C=O) groups excluding carboxylic acids is 2. The number of nitrogens with zero attached hydrogens (tertiary/aromatic N) is 1. The average Bonchev–Trinajstić information content (AvgIpc) is 2.65. The van der Waals surface area contributed by atoms with E-state index in [4.69, 9.17) is 9.47 Å². The molecule has 1 N–H and O–H groups in total. The lowest BCUT2D eigenvalue weighted by Crippen LogP contribution is -2.44. The number of hydrogen-bond donors (Lipinski definition) is 1. The Balaban J connectivity index is 2.02. The summed E-state index contributed by atoms with van der Waals surface area (Å²) in [4.78, 5) is 28.6. The van der Waals surface area contributed by atoms with Crippen LogP contribution in [0.5, 0.6) is 0 Å². The fraction of sp³-hybridized carbons (Fsp3) is 0.318. The molecule has 0 spiro atoms. The van der Waals surface area contributed by atoms with Gasteiger partial charge in [-0.25, -0.2) is 9.59 Å². The molecule has 1 aromatic carbocycles. The van der Waals surface area contributed by atoms with Gasteiger partial charge < -0.3 is 14.8 Å². The molecule has 0 aliphatic rings. The van der Waals surface area contributed by atoms with Crippen LogP contribution in [0.1, 0.15) is 38.3 Å². The van der Waals surface area contributed by atoms with Gasteiger partial charge in [0.05, 0.1) is 0 Å². The minimum atomic E-state index is -0.942. The zero-order valence-electron chi connectivity index (χ0n) is 16.3. The lowest BCUT2D eigenvalue weighted by molar-refractivity contribution is -0.147. The first kappa shape index (κ1) is 21.0. The molecule has 0 saturated heterocycles. The molecule has 1 heterocycles. The molecule has 1 unspecified atom stereocenters. The van der Waals surface area contributed by atoms with Crippen molar-refractivity contribution in [1.29, 1.82) is 0 Å². The molecular weight excluding hydrogens is 356 g/mol. The average molecular weight is 380 g/mol. The number of hydrogen-bond acceptors (Lipinski definition) is 5. The first-order valence-electron chi connectivity index (χ1n) is 8.92. The van der Waals surface area contributed by atoms with Crippen molar-refractivity contribution in [3.05, 3.63) is 66.0 Å². The van der Waals surface area contributed by atoms with Gasteiger partial charge in [-0.15, -0.1) is 0 Å². The fourth-order valence-corrected chi connectivity index (χ4v) is 2.16. The lowest BCUT2D eigenvalue weighted by Gasteiger charge is -2.22. The third-order valence-electron chi connectivity index (χ3n) is 3.40. The maximum Gasteiger partial charge on any atom is 0.408 e. The van der Waals surface area contributed by atoms with Crippen molar-refractivity contribution in [3.63, 3.8) is 0 Å². The zero-order valence-corrected chi connectivity index (χ0v) is 16.3. The Bertz CT molecular complexity index is 834. The molecule has 6 heteroatoms. The number of esters is 1. The molecule has 1 aromatic heterocycles. The van der Waals surface area contributed by atoms with Gasteiger partial charge in [0.15, 0.2) is 0 Å². The van der Waals surface area contributed by atoms with Gasteiger partial charge in [-0.2, -0.15) is 0 Å². The number of rotatable bonds is 5. The molecule has 0 aliphatic heterocycles. The second kappa shape index (κ2) is 10.1. The summed E-state index contributed by atoms with van der Waals surface area (Å²) in [6.07, 6.45) is 2.66. The van der Waals surface area contributed by atoms with Gasteiger partial charge in [-0.3, -0.25) is 4.98 Å². The van der Waals surface area contributed by atoms with Crippen molar-refractivity contribution >= 4 is 12.1 Å². The standard InChI is InChI=1S/C22H24N2O4/c1-22(2,3)28-21(26)24-19(13-7-11-17-12-8-14-23-15-17)20(25)27-16-18-9-5-4-6-10-18/h4-6,8-10,12,14-15,19H,13,16H2,1-3H3,(H,24,26). The summed E-state index contributed by atoms with van der Waals surface area (Å²) in [7, 11) is 0. The third kappa shape index (κ3) is 7.92. The fourth-order valence-electron chi connectivity index (χ4n) is 2.16. The van der Waals surface area contributed by atoms with Crippen LogP contribution in [0.15, 0.2) is 54.9 Å². The minimum absolute atomic E-state index is 0.0851. The summed E-state index contributed by atoms with van der Waals surface area (Å²) in [6, 6.07) is 11.9. The van der Waals surface area contributed by atoms with E-state index in [1.54, 1.807) is 39.2 Å². The van der Waals surface area contributed by atoms with Gasteiger partial charge in [-0.1, -0.05) is 42.2 Å². The number of nitrogens with one attached hydrogen (secondary N) is 1. The number of amides is 1. The van der Waals surface area contributed by atoms with E-state index in [1.807, 2.05) is 36.4 Å². The van der Waals surface area contributed by atoms with Crippen LogP contribution < -0.4 is 5.32 Å². The summed E-state index contributed by atoms with van der Waals surface area (Å²) in [6.45, 7) is 5.36. The summed E-state index contributed by atoms with van der Waals surface area (Å²) >= 11 is 0. The van der Waals surface area contributed by atoms with E-state index in [0.717, 1.165) is 11.1 Å². The summed E-state index contributed by atoms with van der Waals surface area (Å²) < 4.78 is 10.6. The number of carbonyl (C=O) groups is 2. The van der Waals surface area contributed by atoms with Crippen molar-refractivity contribution in [2.75, 3.05) is 0 Å². The van der Waals surface area contributed by atoms with E-state index in [0.29, 0.717) is 0 Å². The maximum atomic E-state index is 12.5. The van der Waals surface area contributed by atoms with Gasteiger partial charge in [0.2, 0.25) is 0 Å². The van der Waals surface area contributed by atoms with Crippen LogP contribution >= 0.6 is 0 Å². The smallest absolute Gasteiger partial charge is 0.408 e. The molecule has 0 radical (unpaired) electrons. The molecule has 0 fully saturated rings. The quantitative estimate of drug-likeness (QED) is 0.635. The van der Waals surface area contributed by atoms with Gasteiger partial charge >= 0.3 is 12.1 Å². The van der Waals surface area contributed by atoms with Crippen molar-refractivity contribution in [2.45, 2.75) is 45.4 Å². The highest BCUT2D eigenvalue weighted by atomic mass is 16.6. The zero-order chi connectivity index (χ0) is 20.4. The van der Waals surface area contributed by atoms with Crippen LogP contribution in [0.2, 0.25) is 0 Å². The Labute approximate surface area is 165 Å². The highest BCUT2D eigenvalue weighted by molar-refractivity contribution is 5.81. The van der Waals surface area contributed by atoms with Crippen LogP contribution in [0.3, 0.4) is 0 Å². The molecule has 0 bridgehead atoms. The maximum absolute atomic E-state index is 12.5. The first-order valence-corrected chi connectivity index (χ1v) is 8.92.